The minimum atomic E-state index is -1.71. The predicted octanol–water partition coefficient (Wildman–Crippen LogP) is 3.48. The fourth-order valence-corrected chi connectivity index (χ4v) is 4.69. The number of methoxy groups -OCH3 is 1. The van der Waals surface area contributed by atoms with E-state index >= 15 is 0 Å². The van der Waals surface area contributed by atoms with Crippen LogP contribution in [0.5, 0.6) is 0 Å². The zero-order valence-corrected chi connectivity index (χ0v) is 10.4. The molecule has 4 bridgehead atoms. The Morgan fingerprint density at radius 1 is 1.00 bits per heavy atom. The van der Waals surface area contributed by atoms with Crippen LogP contribution in [0.25, 0.3) is 0 Å². The van der Waals surface area contributed by atoms with E-state index in [9.17, 15) is 17.6 Å². The summed E-state index contributed by atoms with van der Waals surface area (Å²) < 4.78 is 60.1. The van der Waals surface area contributed by atoms with E-state index in [-0.39, 0.29) is 40.4 Å². The molecule has 0 saturated heterocycles. The molecule has 1 aromatic carbocycles. The second-order valence-corrected chi connectivity index (χ2v) is 6.10. The lowest BCUT2D eigenvalue weighted by atomic mass is 9.75. The number of halogens is 4. The molecule has 1 nitrogen and oxygen atoms in total. The maximum Gasteiger partial charge on any atom is 0.197 e. The van der Waals surface area contributed by atoms with Crippen LogP contribution in [0.3, 0.4) is 0 Å². The first-order valence-corrected chi connectivity index (χ1v) is 6.32. The molecule has 19 heavy (non-hydrogen) atoms. The van der Waals surface area contributed by atoms with Gasteiger partial charge in [-0.2, -0.15) is 0 Å². The molecule has 2 saturated carbocycles. The van der Waals surface area contributed by atoms with Crippen molar-refractivity contribution in [3.8, 4) is 0 Å². The molecule has 5 rings (SSSR count). The van der Waals surface area contributed by atoms with Gasteiger partial charge in [0.1, 0.15) is 0 Å². The third-order valence-electron chi connectivity index (χ3n) is 5.43. The lowest BCUT2D eigenvalue weighted by Gasteiger charge is -2.33. The zero-order valence-electron chi connectivity index (χ0n) is 10.4. The van der Waals surface area contributed by atoms with Crippen LogP contribution in [-0.4, -0.2) is 13.2 Å². The van der Waals surface area contributed by atoms with E-state index in [1.165, 1.54) is 7.11 Å². The van der Waals surface area contributed by atoms with Crippen molar-refractivity contribution < 1.29 is 22.3 Å². The van der Waals surface area contributed by atoms with Crippen LogP contribution < -0.4 is 0 Å². The summed E-state index contributed by atoms with van der Waals surface area (Å²) >= 11 is 0. The minimum absolute atomic E-state index is 0.000486. The lowest BCUT2D eigenvalue weighted by Crippen LogP contribution is -2.29. The summed E-state index contributed by atoms with van der Waals surface area (Å²) in [6, 6.07) is 0. The second kappa shape index (κ2) is 3.14. The average molecular weight is 272 g/mol. The van der Waals surface area contributed by atoms with E-state index in [1.54, 1.807) is 0 Å². The molecular weight excluding hydrogens is 260 g/mol. The largest absolute Gasteiger partial charge is 0.380 e. The molecule has 5 heteroatoms. The molecule has 5 unspecified atom stereocenters. The van der Waals surface area contributed by atoms with Crippen molar-refractivity contribution in [3.63, 3.8) is 0 Å². The van der Waals surface area contributed by atoms with Crippen LogP contribution >= 0.6 is 0 Å². The second-order valence-electron chi connectivity index (χ2n) is 6.10. The van der Waals surface area contributed by atoms with Crippen LogP contribution in [0.15, 0.2) is 0 Å². The molecule has 2 fully saturated rings. The summed E-state index contributed by atoms with van der Waals surface area (Å²) in [5.74, 6) is -6.39. The number of ether oxygens (including phenoxy) is 1. The molecule has 4 aliphatic rings. The van der Waals surface area contributed by atoms with Crippen molar-refractivity contribution >= 4 is 0 Å². The van der Waals surface area contributed by atoms with Gasteiger partial charge in [0.15, 0.2) is 23.3 Å². The first kappa shape index (κ1) is 11.7. The number of hydrogen-bond acceptors (Lipinski definition) is 1. The molecular formula is C14H12F4O. The van der Waals surface area contributed by atoms with E-state index in [2.05, 4.69) is 0 Å². The monoisotopic (exact) mass is 272 g/mol. The van der Waals surface area contributed by atoms with Gasteiger partial charge < -0.3 is 4.74 Å². The van der Waals surface area contributed by atoms with Crippen LogP contribution in [0.2, 0.25) is 0 Å². The Hall–Kier alpha value is -1.10. The summed E-state index contributed by atoms with van der Waals surface area (Å²) in [4.78, 5) is 0. The molecule has 4 aliphatic carbocycles. The van der Waals surface area contributed by atoms with Gasteiger partial charge >= 0.3 is 0 Å². The molecule has 5 atom stereocenters. The minimum Gasteiger partial charge on any atom is -0.380 e. The number of hydrogen-bond donors (Lipinski definition) is 0. The predicted molar refractivity (Wildman–Crippen MR) is 58.8 cm³/mol. The van der Waals surface area contributed by atoms with Crippen LogP contribution in [-0.2, 0) is 4.74 Å². The van der Waals surface area contributed by atoms with Gasteiger partial charge in [-0.3, -0.25) is 0 Å². The molecule has 0 spiro atoms. The van der Waals surface area contributed by atoms with Gasteiger partial charge in [-0.1, -0.05) is 6.92 Å². The molecule has 102 valence electrons. The highest BCUT2D eigenvalue weighted by atomic mass is 19.2. The number of benzene rings is 1. The van der Waals surface area contributed by atoms with Gasteiger partial charge in [-0.05, 0) is 23.7 Å². The Morgan fingerprint density at radius 3 is 2.16 bits per heavy atom. The van der Waals surface area contributed by atoms with Crippen molar-refractivity contribution in [2.45, 2.75) is 31.3 Å². The Morgan fingerprint density at radius 2 is 1.58 bits per heavy atom. The van der Waals surface area contributed by atoms with E-state index in [1.807, 2.05) is 6.92 Å². The molecule has 1 aromatic rings. The van der Waals surface area contributed by atoms with Gasteiger partial charge in [0.25, 0.3) is 0 Å². The van der Waals surface area contributed by atoms with E-state index in [0.717, 1.165) is 0 Å². The van der Waals surface area contributed by atoms with Crippen molar-refractivity contribution in [1.29, 1.82) is 0 Å². The van der Waals surface area contributed by atoms with Gasteiger partial charge in [0.2, 0.25) is 0 Å². The van der Waals surface area contributed by atoms with Crippen LogP contribution in [0.1, 0.15) is 36.3 Å². The lowest BCUT2D eigenvalue weighted by molar-refractivity contribution is 0.0659. The maximum atomic E-state index is 14.0. The van der Waals surface area contributed by atoms with Gasteiger partial charge in [-0.15, -0.1) is 0 Å². The molecule has 0 N–H and O–H groups in total. The summed E-state index contributed by atoms with van der Waals surface area (Å²) in [5, 5.41) is 0. The first-order chi connectivity index (χ1) is 8.93. The Kier molecular flexibility index (Phi) is 1.93. The third kappa shape index (κ3) is 1.05. The third-order valence-corrected chi connectivity index (χ3v) is 5.43. The highest BCUT2D eigenvalue weighted by Gasteiger charge is 2.76. The number of rotatable bonds is 1. The fraction of sp³-hybridized carbons (Fsp3) is 0.571. The SMILES string of the molecule is COC1C2CC3(C)C(c4c(F)c(F)c(F)c(F)c42)C13. The van der Waals surface area contributed by atoms with Crippen molar-refractivity contribution in [2.24, 2.45) is 11.3 Å². The Labute approximate surface area is 107 Å². The molecule has 0 aromatic heterocycles. The maximum absolute atomic E-state index is 14.0. The molecule has 0 aliphatic heterocycles. The van der Waals surface area contributed by atoms with Gasteiger partial charge in [-0.25, -0.2) is 17.6 Å². The zero-order chi connectivity index (χ0) is 13.7. The summed E-state index contributed by atoms with van der Waals surface area (Å²) in [7, 11) is 1.53. The van der Waals surface area contributed by atoms with Crippen molar-refractivity contribution in [2.75, 3.05) is 7.11 Å². The standard InChI is InChI=1S/C14H12F4O/c1-14-3-4-5-6(7(14)8(14)13(4)19-2)10(16)12(18)11(17)9(5)15/h4,7-8,13H,3H2,1-2H3. The van der Waals surface area contributed by atoms with Crippen LogP contribution in [0.4, 0.5) is 17.6 Å². The fourth-order valence-electron chi connectivity index (χ4n) is 4.69. The Bertz CT molecular complexity index is 614. The normalized spacial score (nSPS) is 41.4. The highest BCUT2D eigenvalue weighted by Crippen LogP contribution is 2.80. The molecule has 0 radical (unpaired) electrons. The summed E-state index contributed by atoms with van der Waals surface area (Å²) in [6.45, 7) is 1.98. The quantitative estimate of drug-likeness (QED) is 0.432. The van der Waals surface area contributed by atoms with Crippen molar-refractivity contribution in [1.82, 2.24) is 0 Å². The topological polar surface area (TPSA) is 9.23 Å². The van der Waals surface area contributed by atoms with E-state index in [4.69, 9.17) is 4.74 Å². The van der Waals surface area contributed by atoms with Gasteiger partial charge in [0.05, 0.1) is 6.10 Å². The van der Waals surface area contributed by atoms with Crippen LogP contribution in [0, 0.1) is 34.6 Å². The summed E-state index contributed by atoms with van der Waals surface area (Å²) in [6.07, 6.45) is 0.427. The molecule has 0 amide bonds. The van der Waals surface area contributed by atoms with E-state index < -0.39 is 23.3 Å². The van der Waals surface area contributed by atoms with Gasteiger partial charge in [0, 0.05) is 24.2 Å². The first-order valence-electron chi connectivity index (χ1n) is 6.32. The highest BCUT2D eigenvalue weighted by molar-refractivity contribution is 5.52. The molecule has 0 heterocycles. The summed E-state index contributed by atoms with van der Waals surface area (Å²) in [5.41, 5.74) is -0.108. The smallest absolute Gasteiger partial charge is 0.197 e. The van der Waals surface area contributed by atoms with Crippen molar-refractivity contribution in [3.05, 3.63) is 34.4 Å². The average Bonchev–Trinajstić information content (AvgIpc) is 2.90. The van der Waals surface area contributed by atoms with E-state index in [0.29, 0.717) is 6.42 Å². The Balaban J connectivity index is 2.03.